The number of hydrogen-bond donors (Lipinski definition) is 1. The third-order valence-electron chi connectivity index (χ3n) is 3.59. The average molecular weight is 281 g/mol. The van der Waals surface area contributed by atoms with Crippen molar-refractivity contribution in [3.05, 3.63) is 47.8 Å². The molecule has 1 fully saturated rings. The highest BCUT2D eigenvalue weighted by molar-refractivity contribution is 5.42. The van der Waals surface area contributed by atoms with Gasteiger partial charge in [0.1, 0.15) is 0 Å². The molecule has 0 bridgehead atoms. The molecule has 0 spiro atoms. The Labute approximate surface area is 114 Å². The number of hydrogen-bond acceptors (Lipinski definition) is 2. The van der Waals surface area contributed by atoms with E-state index in [1.165, 1.54) is 16.8 Å². The first kappa shape index (κ1) is 13.2. The van der Waals surface area contributed by atoms with E-state index in [1.807, 2.05) is 0 Å². The Hall–Kier alpha value is -1.82. The second-order valence-corrected chi connectivity index (χ2v) is 4.92. The van der Waals surface area contributed by atoms with Gasteiger partial charge in [0.05, 0.1) is 17.4 Å². The van der Waals surface area contributed by atoms with Crippen LogP contribution in [0.2, 0.25) is 0 Å². The number of para-hydroxylation sites is 1. The molecule has 0 saturated carbocycles. The first-order valence-corrected chi connectivity index (χ1v) is 6.47. The highest BCUT2D eigenvalue weighted by atomic mass is 19.4. The van der Waals surface area contributed by atoms with Crippen LogP contribution in [-0.2, 0) is 6.18 Å². The molecule has 0 radical (unpaired) electrons. The van der Waals surface area contributed by atoms with Gasteiger partial charge in [0.2, 0.25) is 0 Å². The number of benzene rings is 1. The molecule has 1 aliphatic rings. The Morgan fingerprint density at radius 1 is 1.25 bits per heavy atom. The maximum atomic E-state index is 13.0. The van der Waals surface area contributed by atoms with E-state index in [4.69, 9.17) is 0 Å². The highest BCUT2D eigenvalue weighted by Gasteiger charge is 2.34. The highest BCUT2D eigenvalue weighted by Crippen LogP contribution is 2.34. The summed E-state index contributed by atoms with van der Waals surface area (Å²) in [5.41, 5.74) is 0.378. The van der Waals surface area contributed by atoms with Gasteiger partial charge < -0.3 is 5.32 Å². The molecular formula is C14H14F3N3. The minimum atomic E-state index is -4.38. The summed E-state index contributed by atoms with van der Waals surface area (Å²) in [6.45, 7) is 1.79. The number of nitrogens with zero attached hydrogens (tertiary/aromatic N) is 2. The van der Waals surface area contributed by atoms with E-state index in [1.54, 1.807) is 18.5 Å². The Morgan fingerprint density at radius 3 is 2.75 bits per heavy atom. The van der Waals surface area contributed by atoms with Crippen LogP contribution in [0.4, 0.5) is 13.2 Å². The van der Waals surface area contributed by atoms with Crippen LogP contribution in [0, 0.1) is 0 Å². The summed E-state index contributed by atoms with van der Waals surface area (Å²) in [5.74, 6) is 0.335. The molecule has 3 rings (SSSR count). The molecular weight excluding hydrogens is 267 g/mol. The maximum absolute atomic E-state index is 13.0. The van der Waals surface area contributed by atoms with E-state index in [-0.39, 0.29) is 5.69 Å². The molecule has 1 saturated heterocycles. The summed E-state index contributed by atoms with van der Waals surface area (Å²) >= 11 is 0. The third kappa shape index (κ3) is 2.43. The van der Waals surface area contributed by atoms with Crippen molar-refractivity contribution in [3.8, 4) is 5.69 Å². The van der Waals surface area contributed by atoms with Crippen molar-refractivity contribution in [2.24, 2.45) is 0 Å². The van der Waals surface area contributed by atoms with Gasteiger partial charge in [-0.05, 0) is 30.7 Å². The van der Waals surface area contributed by atoms with Crippen molar-refractivity contribution < 1.29 is 13.2 Å². The van der Waals surface area contributed by atoms with E-state index in [2.05, 4.69) is 10.4 Å². The summed E-state index contributed by atoms with van der Waals surface area (Å²) in [6.07, 6.45) is -0.0305. The van der Waals surface area contributed by atoms with Gasteiger partial charge in [0.25, 0.3) is 0 Å². The van der Waals surface area contributed by atoms with Crippen LogP contribution >= 0.6 is 0 Å². The van der Waals surface area contributed by atoms with Crippen molar-refractivity contribution in [3.63, 3.8) is 0 Å². The van der Waals surface area contributed by atoms with Gasteiger partial charge in [-0.1, -0.05) is 12.1 Å². The van der Waals surface area contributed by atoms with E-state index >= 15 is 0 Å². The van der Waals surface area contributed by atoms with Crippen LogP contribution in [0.15, 0.2) is 36.7 Å². The molecule has 1 atom stereocenters. The molecule has 0 aliphatic carbocycles. The van der Waals surface area contributed by atoms with Crippen LogP contribution in [0.3, 0.4) is 0 Å². The van der Waals surface area contributed by atoms with Gasteiger partial charge >= 0.3 is 6.18 Å². The lowest BCUT2D eigenvalue weighted by atomic mass is 10.0. The molecule has 2 aromatic rings. The van der Waals surface area contributed by atoms with Crippen molar-refractivity contribution in [2.45, 2.75) is 18.5 Å². The standard InChI is InChI=1S/C14H14F3N3/c15-14(16,17)12-3-1-2-4-13(12)20-9-11(8-19-20)10-5-6-18-7-10/h1-4,8-10,18H,5-7H2. The lowest BCUT2D eigenvalue weighted by molar-refractivity contribution is -0.137. The third-order valence-corrected chi connectivity index (χ3v) is 3.59. The van der Waals surface area contributed by atoms with E-state index in [0.29, 0.717) is 5.92 Å². The maximum Gasteiger partial charge on any atom is 0.418 e. The van der Waals surface area contributed by atoms with Crippen molar-refractivity contribution in [2.75, 3.05) is 13.1 Å². The largest absolute Gasteiger partial charge is 0.418 e. The summed E-state index contributed by atoms with van der Waals surface area (Å²) in [4.78, 5) is 0. The lowest BCUT2D eigenvalue weighted by Crippen LogP contribution is -2.11. The second kappa shape index (κ2) is 4.94. The number of rotatable bonds is 2. The SMILES string of the molecule is FC(F)(F)c1ccccc1-n1cc(C2CCNC2)cn1. The summed E-state index contributed by atoms with van der Waals surface area (Å²) < 4.78 is 40.3. The predicted molar refractivity (Wildman–Crippen MR) is 68.8 cm³/mol. The normalized spacial score (nSPS) is 19.4. The van der Waals surface area contributed by atoms with Crippen LogP contribution < -0.4 is 5.32 Å². The van der Waals surface area contributed by atoms with E-state index in [9.17, 15) is 13.2 Å². The molecule has 3 nitrogen and oxygen atoms in total. The zero-order chi connectivity index (χ0) is 14.2. The van der Waals surface area contributed by atoms with Gasteiger partial charge in [-0.3, -0.25) is 0 Å². The van der Waals surface area contributed by atoms with Crippen molar-refractivity contribution >= 4 is 0 Å². The topological polar surface area (TPSA) is 29.9 Å². The van der Waals surface area contributed by atoms with Gasteiger partial charge in [0.15, 0.2) is 0 Å². The number of alkyl halides is 3. The van der Waals surface area contributed by atoms with Gasteiger partial charge in [-0.25, -0.2) is 4.68 Å². The molecule has 106 valence electrons. The molecule has 1 unspecified atom stereocenters. The summed E-state index contributed by atoms with van der Waals surface area (Å²) in [6, 6.07) is 5.49. The van der Waals surface area contributed by atoms with Crippen LogP contribution in [-0.4, -0.2) is 22.9 Å². The molecule has 6 heteroatoms. The van der Waals surface area contributed by atoms with Crippen LogP contribution in [0.1, 0.15) is 23.5 Å². The molecule has 1 aromatic carbocycles. The Morgan fingerprint density at radius 2 is 2.05 bits per heavy atom. The second-order valence-electron chi connectivity index (χ2n) is 4.92. The molecule has 2 heterocycles. The minimum Gasteiger partial charge on any atom is -0.316 e. The zero-order valence-corrected chi connectivity index (χ0v) is 10.7. The average Bonchev–Trinajstić information content (AvgIpc) is 3.09. The molecule has 20 heavy (non-hydrogen) atoms. The molecule has 1 N–H and O–H groups in total. The number of nitrogens with one attached hydrogen (secondary N) is 1. The quantitative estimate of drug-likeness (QED) is 0.917. The fraction of sp³-hybridized carbons (Fsp3) is 0.357. The van der Waals surface area contributed by atoms with Crippen LogP contribution in [0.25, 0.3) is 5.69 Å². The van der Waals surface area contributed by atoms with E-state index in [0.717, 1.165) is 31.1 Å². The Kier molecular flexibility index (Phi) is 3.25. The molecule has 1 aliphatic heterocycles. The Bertz CT molecular complexity index is 598. The van der Waals surface area contributed by atoms with Crippen molar-refractivity contribution in [1.29, 1.82) is 0 Å². The minimum absolute atomic E-state index is 0.0669. The van der Waals surface area contributed by atoms with Crippen molar-refractivity contribution in [1.82, 2.24) is 15.1 Å². The zero-order valence-electron chi connectivity index (χ0n) is 10.7. The monoisotopic (exact) mass is 281 g/mol. The summed E-state index contributed by atoms with van der Waals surface area (Å²) in [5, 5.41) is 7.33. The fourth-order valence-corrected chi connectivity index (χ4v) is 2.53. The fourth-order valence-electron chi connectivity index (χ4n) is 2.53. The molecule has 0 amide bonds. The van der Waals surface area contributed by atoms with Gasteiger partial charge in [-0.15, -0.1) is 0 Å². The lowest BCUT2D eigenvalue weighted by Gasteiger charge is -2.12. The predicted octanol–water partition coefficient (Wildman–Crippen LogP) is 2.97. The van der Waals surface area contributed by atoms with E-state index < -0.39 is 11.7 Å². The van der Waals surface area contributed by atoms with Gasteiger partial charge in [0, 0.05) is 18.7 Å². The van der Waals surface area contributed by atoms with Crippen LogP contribution in [0.5, 0.6) is 0 Å². The smallest absolute Gasteiger partial charge is 0.316 e. The molecule has 1 aromatic heterocycles. The number of aromatic nitrogens is 2. The first-order valence-electron chi connectivity index (χ1n) is 6.47. The Balaban J connectivity index is 1.97. The summed E-state index contributed by atoms with van der Waals surface area (Å²) in [7, 11) is 0. The van der Waals surface area contributed by atoms with Gasteiger partial charge in [-0.2, -0.15) is 18.3 Å². The number of halogens is 3. The first-order chi connectivity index (χ1) is 9.55.